The van der Waals surface area contributed by atoms with Crippen molar-refractivity contribution in [2.45, 2.75) is 13.8 Å². The average Bonchev–Trinajstić information content (AvgIpc) is 3.50. The first-order valence-electron chi connectivity index (χ1n) is 9.83. The van der Waals surface area contributed by atoms with Crippen LogP contribution in [0.4, 0.5) is 11.4 Å². The van der Waals surface area contributed by atoms with Gasteiger partial charge in [0, 0.05) is 25.2 Å². The van der Waals surface area contributed by atoms with Crippen molar-refractivity contribution in [3.63, 3.8) is 0 Å². The van der Waals surface area contributed by atoms with E-state index in [-0.39, 0.29) is 49.5 Å². The third kappa shape index (κ3) is 16.9. The molecule has 0 radical (unpaired) electrons. The number of carbonyl (C=O) groups excluding carboxylic acids is 2. The molecule has 4 N–H and O–H groups in total. The second-order valence-corrected chi connectivity index (χ2v) is 6.38. The monoisotopic (exact) mass is 522 g/mol. The fraction of sp³-hybridized carbons (Fsp3) is 0.0769. The molecule has 0 spiro atoms. The van der Waals surface area contributed by atoms with Gasteiger partial charge in [0.05, 0.1) is 0 Å². The Balaban J connectivity index is 0.000000434. The maximum Gasteiger partial charge on any atom is 2.00 e. The van der Waals surface area contributed by atoms with Gasteiger partial charge in [0.25, 0.3) is 0 Å². The Morgan fingerprint density at radius 2 is 0.879 bits per heavy atom. The number of aromatic hydroxyl groups is 2. The van der Waals surface area contributed by atoms with Gasteiger partial charge < -0.3 is 20.8 Å². The predicted octanol–water partition coefficient (Wildman–Crippen LogP) is 5.51. The van der Waals surface area contributed by atoms with Gasteiger partial charge in [-0.15, -0.1) is 0 Å². The van der Waals surface area contributed by atoms with Crippen molar-refractivity contribution in [3.05, 3.63) is 109 Å². The standard InChI is InChI=1S/2C8H9NO2.2C5H5.Zr/c2*1-6(10)9-7-2-4-8(11)5-3-7;2*1-2-4-5-3-1;/h2*2-5,11H,1H3,(H,9,10);2*1-5H;/q;;2*-1;+2. The Morgan fingerprint density at radius 1 is 0.606 bits per heavy atom. The van der Waals surface area contributed by atoms with E-state index >= 15 is 0 Å². The summed E-state index contributed by atoms with van der Waals surface area (Å²) in [6, 6.07) is 32.6. The van der Waals surface area contributed by atoms with Crippen LogP contribution in [-0.4, -0.2) is 22.0 Å². The molecular weight excluding hydrogens is 496 g/mol. The van der Waals surface area contributed by atoms with Crippen molar-refractivity contribution >= 4 is 23.2 Å². The van der Waals surface area contributed by atoms with Gasteiger partial charge in [0.1, 0.15) is 11.5 Å². The smallest absolute Gasteiger partial charge is 0.508 e. The van der Waals surface area contributed by atoms with Gasteiger partial charge >= 0.3 is 26.2 Å². The summed E-state index contributed by atoms with van der Waals surface area (Å²) >= 11 is 0. The van der Waals surface area contributed by atoms with E-state index in [0.29, 0.717) is 11.4 Å². The minimum atomic E-state index is -0.115. The fourth-order valence-electron chi connectivity index (χ4n) is 2.14. The molecular formula is C26H28N2O4Zr. The number of benzene rings is 2. The molecule has 0 aromatic heterocycles. The average molecular weight is 524 g/mol. The number of hydrogen-bond acceptors (Lipinski definition) is 4. The summed E-state index contributed by atoms with van der Waals surface area (Å²) in [6.07, 6.45) is 0. The van der Waals surface area contributed by atoms with Crippen molar-refractivity contribution in [1.29, 1.82) is 0 Å². The Hall–Kier alpha value is -3.44. The van der Waals surface area contributed by atoms with E-state index in [1.54, 1.807) is 24.3 Å². The number of carbonyl (C=O) groups is 2. The Kier molecular flexibility index (Phi) is 16.3. The third-order valence-corrected chi connectivity index (χ3v) is 3.49. The third-order valence-electron chi connectivity index (χ3n) is 3.49. The van der Waals surface area contributed by atoms with Crippen LogP contribution in [0.25, 0.3) is 0 Å². The summed E-state index contributed by atoms with van der Waals surface area (Å²) in [4.78, 5) is 21.0. The van der Waals surface area contributed by atoms with Crippen LogP contribution in [0.5, 0.6) is 11.5 Å². The SMILES string of the molecule is CC(=O)Nc1ccc(O)cc1.CC(=O)Nc1ccc(O)cc1.[Zr+2].c1cc[cH-]c1.c1cc[cH-]c1. The first-order valence-corrected chi connectivity index (χ1v) is 9.83. The van der Waals surface area contributed by atoms with Crippen molar-refractivity contribution in [1.82, 2.24) is 0 Å². The molecule has 4 rings (SSSR count). The fourth-order valence-corrected chi connectivity index (χ4v) is 2.14. The van der Waals surface area contributed by atoms with Crippen LogP contribution in [0.15, 0.2) is 109 Å². The first kappa shape index (κ1) is 29.6. The molecule has 0 atom stereocenters. The van der Waals surface area contributed by atoms with Gasteiger partial charge in [0.15, 0.2) is 0 Å². The summed E-state index contributed by atoms with van der Waals surface area (Å²) in [6.45, 7) is 2.87. The van der Waals surface area contributed by atoms with Crippen LogP contribution in [0.1, 0.15) is 13.8 Å². The molecule has 0 unspecified atom stereocenters. The van der Waals surface area contributed by atoms with Gasteiger partial charge in [-0.1, -0.05) is 0 Å². The van der Waals surface area contributed by atoms with Gasteiger partial charge in [-0.2, -0.15) is 36.4 Å². The summed E-state index contributed by atoms with van der Waals surface area (Å²) in [5.74, 6) is 0.157. The molecule has 0 fully saturated rings. The van der Waals surface area contributed by atoms with Crippen LogP contribution in [0.3, 0.4) is 0 Å². The van der Waals surface area contributed by atoms with Crippen molar-refractivity contribution in [2.75, 3.05) is 10.6 Å². The molecule has 0 heterocycles. The Bertz CT molecular complexity index is 864. The summed E-state index contributed by atoms with van der Waals surface area (Å²) in [7, 11) is 0. The van der Waals surface area contributed by atoms with Crippen LogP contribution >= 0.6 is 0 Å². The number of anilines is 2. The van der Waals surface area contributed by atoms with E-state index < -0.39 is 0 Å². The number of nitrogens with one attached hydrogen (secondary N) is 2. The number of phenolic OH excluding ortho intramolecular Hbond substituents is 2. The number of phenols is 2. The maximum absolute atomic E-state index is 10.5. The topological polar surface area (TPSA) is 98.7 Å². The van der Waals surface area contributed by atoms with Crippen molar-refractivity contribution < 1.29 is 46.0 Å². The Morgan fingerprint density at radius 3 is 1.06 bits per heavy atom. The second kappa shape index (κ2) is 18.2. The van der Waals surface area contributed by atoms with Crippen LogP contribution in [0, 0.1) is 0 Å². The van der Waals surface area contributed by atoms with Crippen LogP contribution in [0.2, 0.25) is 0 Å². The van der Waals surface area contributed by atoms with E-state index in [1.165, 1.54) is 38.1 Å². The van der Waals surface area contributed by atoms with Crippen molar-refractivity contribution in [3.8, 4) is 11.5 Å². The molecule has 0 aliphatic rings. The molecule has 4 aromatic rings. The summed E-state index contributed by atoms with van der Waals surface area (Å²) < 4.78 is 0. The zero-order valence-corrected chi connectivity index (χ0v) is 21.1. The van der Waals surface area contributed by atoms with Gasteiger partial charge in [-0.25, -0.2) is 24.3 Å². The minimum absolute atomic E-state index is 0. The number of amides is 2. The van der Waals surface area contributed by atoms with E-state index in [2.05, 4.69) is 10.6 Å². The zero-order valence-electron chi connectivity index (χ0n) is 18.6. The quantitative estimate of drug-likeness (QED) is 0.206. The number of hydrogen-bond donors (Lipinski definition) is 4. The molecule has 6 nitrogen and oxygen atoms in total. The summed E-state index contributed by atoms with van der Waals surface area (Å²) in [5, 5.41) is 22.9. The van der Waals surface area contributed by atoms with E-state index in [4.69, 9.17) is 10.2 Å². The van der Waals surface area contributed by atoms with Gasteiger partial charge in [-0.3, -0.25) is 9.59 Å². The normalized spacial score (nSPS) is 8.55. The summed E-state index contributed by atoms with van der Waals surface area (Å²) in [5.41, 5.74) is 1.38. The van der Waals surface area contributed by atoms with Crippen LogP contribution < -0.4 is 10.6 Å². The van der Waals surface area contributed by atoms with Gasteiger partial charge in [-0.05, 0) is 48.5 Å². The van der Waals surface area contributed by atoms with Gasteiger partial charge in [0.2, 0.25) is 11.8 Å². The molecule has 0 saturated carbocycles. The molecule has 170 valence electrons. The molecule has 0 aliphatic heterocycles. The molecule has 2 amide bonds. The largest absolute Gasteiger partial charge is 2.00 e. The Labute approximate surface area is 213 Å². The molecule has 7 heteroatoms. The first-order chi connectivity index (χ1) is 15.4. The number of rotatable bonds is 2. The zero-order chi connectivity index (χ0) is 23.6. The van der Waals surface area contributed by atoms with E-state index in [9.17, 15) is 9.59 Å². The molecule has 0 saturated heterocycles. The minimum Gasteiger partial charge on any atom is -0.508 e. The van der Waals surface area contributed by atoms with E-state index in [1.807, 2.05) is 60.7 Å². The van der Waals surface area contributed by atoms with Crippen LogP contribution in [-0.2, 0) is 35.8 Å². The molecule has 0 bridgehead atoms. The molecule has 0 aliphatic carbocycles. The van der Waals surface area contributed by atoms with E-state index in [0.717, 1.165) is 0 Å². The molecule has 4 aromatic carbocycles. The predicted molar refractivity (Wildman–Crippen MR) is 129 cm³/mol. The second-order valence-electron chi connectivity index (χ2n) is 6.38. The molecule has 33 heavy (non-hydrogen) atoms. The van der Waals surface area contributed by atoms with Crippen molar-refractivity contribution in [2.24, 2.45) is 0 Å². The maximum atomic E-state index is 10.5.